The zero-order chi connectivity index (χ0) is 17.4. The maximum Gasteiger partial charge on any atom is 0.264 e. The molecule has 5 heteroatoms. The number of aromatic nitrogens is 2. The van der Waals surface area contributed by atoms with E-state index < -0.39 is 0 Å². The maximum atomic E-state index is 13.3. The summed E-state index contributed by atoms with van der Waals surface area (Å²) in [4.78, 5) is 19.9. The Morgan fingerprint density at radius 2 is 2.12 bits per heavy atom. The van der Waals surface area contributed by atoms with Gasteiger partial charge in [-0.15, -0.1) is 0 Å². The second-order valence-corrected chi connectivity index (χ2v) is 6.70. The van der Waals surface area contributed by atoms with E-state index in [0.717, 1.165) is 53.5 Å². The molecule has 1 aromatic carbocycles. The van der Waals surface area contributed by atoms with E-state index in [1.165, 1.54) is 0 Å². The maximum absolute atomic E-state index is 13.3. The van der Waals surface area contributed by atoms with Crippen molar-refractivity contribution in [2.24, 2.45) is 5.73 Å². The van der Waals surface area contributed by atoms with Crippen LogP contribution in [0.25, 0.3) is 10.9 Å². The van der Waals surface area contributed by atoms with Crippen LogP contribution in [0, 0.1) is 0 Å². The molecule has 3 heterocycles. The van der Waals surface area contributed by atoms with Gasteiger partial charge in [-0.05, 0) is 49.2 Å². The third-order valence-corrected chi connectivity index (χ3v) is 4.99. The summed E-state index contributed by atoms with van der Waals surface area (Å²) < 4.78 is 1.76. The number of nitrogens with two attached hydrogens (primary N) is 1. The Balaban J connectivity index is 1.83. The van der Waals surface area contributed by atoms with Crippen molar-refractivity contribution in [2.75, 3.05) is 20.1 Å². The molecule has 0 unspecified atom stereocenters. The minimum absolute atomic E-state index is 0.00613. The van der Waals surface area contributed by atoms with E-state index in [9.17, 15) is 4.79 Å². The monoisotopic (exact) mass is 334 g/mol. The molecule has 2 N–H and O–H groups in total. The van der Waals surface area contributed by atoms with Crippen molar-refractivity contribution in [1.82, 2.24) is 14.5 Å². The molecule has 0 fully saturated rings. The lowest BCUT2D eigenvalue weighted by Gasteiger charge is -2.26. The highest BCUT2D eigenvalue weighted by molar-refractivity contribution is 6.03. The van der Waals surface area contributed by atoms with Crippen LogP contribution in [-0.2, 0) is 19.4 Å². The first-order valence-electron chi connectivity index (χ1n) is 8.67. The summed E-state index contributed by atoms with van der Waals surface area (Å²) in [5.74, 6) is -0.00613. The largest absolute Gasteiger partial charge is 0.330 e. The summed E-state index contributed by atoms with van der Waals surface area (Å²) in [5, 5.41) is 1.10. The third kappa shape index (κ3) is 2.75. The average molecular weight is 334 g/mol. The number of para-hydroxylation sites is 1. The molecule has 128 valence electrons. The molecule has 1 aliphatic heterocycles. The molecule has 1 aliphatic rings. The van der Waals surface area contributed by atoms with Crippen molar-refractivity contribution in [3.63, 3.8) is 0 Å². The van der Waals surface area contributed by atoms with E-state index in [1.54, 1.807) is 10.8 Å². The zero-order valence-corrected chi connectivity index (χ0v) is 14.4. The van der Waals surface area contributed by atoms with Gasteiger partial charge in [0.25, 0.3) is 5.91 Å². The molecule has 5 nitrogen and oxygen atoms in total. The molecule has 4 rings (SSSR count). The second kappa shape index (κ2) is 6.43. The molecule has 0 radical (unpaired) electrons. The van der Waals surface area contributed by atoms with Crippen LogP contribution in [-0.4, -0.2) is 40.5 Å². The van der Waals surface area contributed by atoms with E-state index in [1.807, 2.05) is 30.6 Å². The number of pyridine rings is 1. The fourth-order valence-corrected chi connectivity index (χ4v) is 3.72. The van der Waals surface area contributed by atoms with Crippen LogP contribution in [0.4, 0.5) is 0 Å². The molecule has 3 aromatic rings. The minimum Gasteiger partial charge on any atom is -0.330 e. The number of benzene rings is 1. The molecular formula is C20H22N4O. The zero-order valence-electron chi connectivity index (χ0n) is 14.4. The van der Waals surface area contributed by atoms with Crippen LogP contribution in [0.3, 0.4) is 0 Å². The normalized spacial score (nSPS) is 14.6. The van der Waals surface area contributed by atoms with Crippen LogP contribution >= 0.6 is 0 Å². The van der Waals surface area contributed by atoms with Crippen molar-refractivity contribution >= 4 is 16.8 Å². The fraction of sp³-hybridized carbons (Fsp3) is 0.300. The molecule has 0 atom stereocenters. The van der Waals surface area contributed by atoms with Crippen LogP contribution in [0.5, 0.6) is 0 Å². The summed E-state index contributed by atoms with van der Waals surface area (Å²) in [7, 11) is 2.09. The van der Waals surface area contributed by atoms with Gasteiger partial charge in [0.15, 0.2) is 0 Å². The van der Waals surface area contributed by atoms with Gasteiger partial charge in [-0.2, -0.15) is 0 Å². The summed E-state index contributed by atoms with van der Waals surface area (Å²) >= 11 is 0. The molecular weight excluding hydrogens is 312 g/mol. The summed E-state index contributed by atoms with van der Waals surface area (Å²) in [5.41, 5.74) is 10.8. The van der Waals surface area contributed by atoms with Gasteiger partial charge < -0.3 is 10.6 Å². The van der Waals surface area contributed by atoms with Crippen LogP contribution in [0.15, 0.2) is 42.9 Å². The molecule has 0 amide bonds. The Kier molecular flexibility index (Phi) is 4.11. The first kappa shape index (κ1) is 16.0. The van der Waals surface area contributed by atoms with Gasteiger partial charge in [0.2, 0.25) is 0 Å². The summed E-state index contributed by atoms with van der Waals surface area (Å²) in [6, 6.07) is 8.01. The number of hydrogen-bond donors (Lipinski definition) is 1. The van der Waals surface area contributed by atoms with Gasteiger partial charge >= 0.3 is 0 Å². The number of hydrogen-bond acceptors (Lipinski definition) is 4. The number of likely N-dealkylation sites (N-methyl/N-ethyl adjacent to an activating group) is 1. The van der Waals surface area contributed by atoms with E-state index in [2.05, 4.69) is 23.0 Å². The predicted octanol–water partition coefficient (Wildman–Crippen LogP) is 2.21. The Hall–Kier alpha value is -2.50. The first-order chi connectivity index (χ1) is 12.2. The van der Waals surface area contributed by atoms with Crippen molar-refractivity contribution in [3.8, 4) is 0 Å². The third-order valence-electron chi connectivity index (χ3n) is 4.99. The van der Waals surface area contributed by atoms with Crippen molar-refractivity contribution in [2.45, 2.75) is 19.4 Å². The first-order valence-corrected chi connectivity index (χ1v) is 8.67. The van der Waals surface area contributed by atoms with Gasteiger partial charge in [-0.25, -0.2) is 0 Å². The van der Waals surface area contributed by atoms with Crippen LogP contribution in [0.2, 0.25) is 0 Å². The van der Waals surface area contributed by atoms with Gasteiger partial charge in [-0.1, -0.05) is 18.2 Å². The van der Waals surface area contributed by atoms with Crippen molar-refractivity contribution in [3.05, 3.63) is 65.1 Å². The molecule has 2 aromatic heterocycles. The van der Waals surface area contributed by atoms with Gasteiger partial charge in [0, 0.05) is 37.1 Å². The minimum atomic E-state index is -0.00613. The average Bonchev–Trinajstić information content (AvgIpc) is 2.99. The van der Waals surface area contributed by atoms with E-state index in [4.69, 9.17) is 5.73 Å². The number of rotatable bonds is 3. The lowest BCUT2D eigenvalue weighted by atomic mass is 9.97. The van der Waals surface area contributed by atoms with Crippen molar-refractivity contribution < 1.29 is 4.79 Å². The number of carbonyl (C=O) groups is 1. The number of nitrogens with zero attached hydrogens (tertiary/aromatic N) is 3. The SMILES string of the molecule is CN1CCc2c(cncc2C(=O)n2cc(CCN)c3ccccc32)C1. The Morgan fingerprint density at radius 3 is 2.96 bits per heavy atom. The molecule has 0 spiro atoms. The van der Waals surface area contributed by atoms with E-state index >= 15 is 0 Å². The molecule has 0 saturated heterocycles. The molecule has 0 saturated carbocycles. The van der Waals surface area contributed by atoms with Crippen LogP contribution < -0.4 is 5.73 Å². The van der Waals surface area contributed by atoms with Crippen LogP contribution in [0.1, 0.15) is 27.0 Å². The molecule has 25 heavy (non-hydrogen) atoms. The molecule has 0 aliphatic carbocycles. The highest BCUT2D eigenvalue weighted by Crippen LogP contribution is 2.26. The highest BCUT2D eigenvalue weighted by atomic mass is 16.2. The fourth-order valence-electron chi connectivity index (χ4n) is 3.72. The lowest BCUT2D eigenvalue weighted by molar-refractivity contribution is 0.0962. The topological polar surface area (TPSA) is 64.2 Å². The highest BCUT2D eigenvalue weighted by Gasteiger charge is 2.22. The Morgan fingerprint density at radius 1 is 1.28 bits per heavy atom. The van der Waals surface area contributed by atoms with Gasteiger partial charge in [0.05, 0.1) is 11.1 Å². The van der Waals surface area contributed by atoms with Gasteiger partial charge in [-0.3, -0.25) is 14.3 Å². The standard InChI is InChI=1S/C20H22N4O/c1-23-9-7-16-15(12-23)10-22-11-18(16)20(25)24-13-14(6-8-21)17-4-2-3-5-19(17)24/h2-5,10-11,13H,6-9,12,21H2,1H3. The van der Waals surface area contributed by atoms with E-state index in [-0.39, 0.29) is 5.91 Å². The smallest absolute Gasteiger partial charge is 0.264 e. The van der Waals surface area contributed by atoms with Gasteiger partial charge in [0.1, 0.15) is 0 Å². The quantitative estimate of drug-likeness (QED) is 0.798. The van der Waals surface area contributed by atoms with Crippen molar-refractivity contribution in [1.29, 1.82) is 0 Å². The second-order valence-electron chi connectivity index (χ2n) is 6.70. The Labute approximate surface area is 147 Å². The van der Waals surface area contributed by atoms with E-state index in [0.29, 0.717) is 12.1 Å². The predicted molar refractivity (Wildman–Crippen MR) is 98.7 cm³/mol. The molecule has 0 bridgehead atoms. The number of fused-ring (bicyclic) bond motifs is 2. The summed E-state index contributed by atoms with van der Waals surface area (Å²) in [6.45, 7) is 2.37. The summed E-state index contributed by atoms with van der Waals surface area (Å²) in [6.07, 6.45) is 7.18. The lowest BCUT2D eigenvalue weighted by Crippen LogP contribution is -2.29. The number of carbonyl (C=O) groups excluding carboxylic acids is 1. The Bertz CT molecular complexity index is 944.